The van der Waals surface area contributed by atoms with Gasteiger partial charge in [0.1, 0.15) is 0 Å². The number of hydrogen-bond donors (Lipinski definition) is 0. The molecule has 9 aromatic carbocycles. The van der Waals surface area contributed by atoms with Crippen LogP contribution in [0, 0.1) is 0 Å². The molecular weight excluding hydrogens is 701 g/mol. The Bertz CT molecular complexity index is 3450. The van der Waals surface area contributed by atoms with E-state index in [-0.39, 0.29) is 0 Å². The van der Waals surface area contributed by atoms with Crippen LogP contribution in [-0.2, 0) is 0 Å². The first-order valence-electron chi connectivity index (χ1n) is 18.8. The molecule has 3 heterocycles. The lowest BCUT2D eigenvalue weighted by molar-refractivity contribution is 1.08. The Morgan fingerprint density at radius 1 is 0.357 bits per heavy atom. The highest BCUT2D eigenvalue weighted by atomic mass is 32.1. The second-order valence-corrected chi connectivity index (χ2v) is 15.5. The van der Waals surface area contributed by atoms with Crippen molar-refractivity contribution in [2.75, 3.05) is 0 Å². The van der Waals surface area contributed by atoms with E-state index < -0.39 is 0 Å². The van der Waals surface area contributed by atoms with Crippen LogP contribution in [0.1, 0.15) is 0 Å². The smallest absolute Gasteiger partial charge is 0.164 e. The second-order valence-electron chi connectivity index (χ2n) is 14.4. The summed E-state index contributed by atoms with van der Waals surface area (Å²) < 4.78 is 4.86. The fourth-order valence-electron chi connectivity index (χ4n) is 8.56. The molecule has 0 saturated heterocycles. The molecule has 12 rings (SSSR count). The summed E-state index contributed by atoms with van der Waals surface area (Å²) in [6.45, 7) is 0. The first-order chi connectivity index (χ1) is 27.7. The summed E-state index contributed by atoms with van der Waals surface area (Å²) in [5.74, 6) is 1.98. The van der Waals surface area contributed by atoms with E-state index in [2.05, 4.69) is 168 Å². The van der Waals surface area contributed by atoms with Crippen LogP contribution in [0.25, 0.3) is 114 Å². The van der Waals surface area contributed by atoms with Gasteiger partial charge in [-0.2, -0.15) is 0 Å². The molecule has 0 atom stereocenters. The predicted octanol–water partition coefficient (Wildman–Crippen LogP) is 13.8. The standard InChI is InChI=1S/C51H30N4S/c1-2-13-32(14-3-1)49-52-50(39-21-10-19-31-12-8-9-20-38(31)39)54-51(53-49)41-22-11-23-46-48(41)40-25-24-37(30-47(40)56-46)55-44-28-35-17-6-4-15-33(35)26-42(44)43-27-34-16-5-7-18-36(34)29-45(43)55/h1-30H. The number of aromatic nitrogens is 4. The Morgan fingerprint density at radius 2 is 0.911 bits per heavy atom. The van der Waals surface area contributed by atoms with E-state index in [1.807, 2.05) is 29.5 Å². The fraction of sp³-hybridized carbons (Fsp3) is 0. The van der Waals surface area contributed by atoms with Crippen molar-refractivity contribution < 1.29 is 0 Å². The Hall–Kier alpha value is -7.21. The van der Waals surface area contributed by atoms with Gasteiger partial charge in [-0.3, -0.25) is 0 Å². The molecule has 0 bridgehead atoms. The van der Waals surface area contributed by atoms with Crippen molar-refractivity contribution in [1.82, 2.24) is 19.5 Å². The summed E-state index contributed by atoms with van der Waals surface area (Å²) in [4.78, 5) is 15.5. The first kappa shape index (κ1) is 31.2. The summed E-state index contributed by atoms with van der Waals surface area (Å²) in [6.07, 6.45) is 0. The van der Waals surface area contributed by atoms with Crippen LogP contribution in [0.5, 0.6) is 0 Å². The van der Waals surface area contributed by atoms with Gasteiger partial charge in [0.05, 0.1) is 11.0 Å². The average molecular weight is 731 g/mol. The van der Waals surface area contributed by atoms with Crippen LogP contribution in [0.3, 0.4) is 0 Å². The summed E-state index contributed by atoms with van der Waals surface area (Å²) in [5.41, 5.74) is 6.49. The molecule has 0 N–H and O–H groups in total. The fourth-order valence-corrected chi connectivity index (χ4v) is 9.72. The molecule has 3 aromatic heterocycles. The van der Waals surface area contributed by atoms with Crippen LogP contribution in [0.4, 0.5) is 0 Å². The van der Waals surface area contributed by atoms with Gasteiger partial charge in [-0.05, 0) is 74.8 Å². The zero-order valence-electron chi connectivity index (χ0n) is 30.0. The lowest BCUT2D eigenvalue weighted by Gasteiger charge is -2.11. The number of rotatable bonds is 4. The summed E-state index contributed by atoms with van der Waals surface area (Å²) in [6, 6.07) is 65.1. The zero-order chi connectivity index (χ0) is 36.7. The highest BCUT2D eigenvalue weighted by Gasteiger charge is 2.20. The van der Waals surface area contributed by atoms with E-state index in [4.69, 9.17) is 15.0 Å². The largest absolute Gasteiger partial charge is 0.309 e. The Morgan fingerprint density at radius 3 is 1.62 bits per heavy atom. The third kappa shape index (κ3) is 4.81. The van der Waals surface area contributed by atoms with Crippen LogP contribution in [0.2, 0.25) is 0 Å². The Labute approximate surface area is 325 Å². The summed E-state index contributed by atoms with van der Waals surface area (Å²) in [5, 5.41) is 12.1. The SMILES string of the molecule is c1ccc(-c2nc(-c3cccc4ccccc34)nc(-c3cccc4sc5cc(-n6c7cc8ccccc8cc7c7cc8ccccc8cc76)ccc5c34)n2)cc1. The summed E-state index contributed by atoms with van der Waals surface area (Å²) >= 11 is 1.82. The minimum absolute atomic E-state index is 0.656. The lowest BCUT2D eigenvalue weighted by Crippen LogP contribution is -2.00. The van der Waals surface area contributed by atoms with Crippen molar-refractivity contribution >= 4 is 85.6 Å². The van der Waals surface area contributed by atoms with E-state index in [1.54, 1.807) is 0 Å². The van der Waals surface area contributed by atoms with Gasteiger partial charge in [-0.15, -0.1) is 11.3 Å². The van der Waals surface area contributed by atoms with Gasteiger partial charge in [0.25, 0.3) is 0 Å². The van der Waals surface area contributed by atoms with Crippen molar-refractivity contribution in [3.63, 3.8) is 0 Å². The van der Waals surface area contributed by atoms with E-state index in [9.17, 15) is 0 Å². The lowest BCUT2D eigenvalue weighted by atomic mass is 10.0. The van der Waals surface area contributed by atoms with Gasteiger partial charge in [0.2, 0.25) is 0 Å². The molecule has 0 unspecified atom stereocenters. The zero-order valence-corrected chi connectivity index (χ0v) is 30.8. The minimum atomic E-state index is 0.656. The number of benzene rings is 9. The van der Waals surface area contributed by atoms with Crippen molar-refractivity contribution in [2.45, 2.75) is 0 Å². The molecule has 0 aliphatic heterocycles. The van der Waals surface area contributed by atoms with Crippen LogP contribution < -0.4 is 0 Å². The van der Waals surface area contributed by atoms with E-state index in [0.29, 0.717) is 17.5 Å². The topological polar surface area (TPSA) is 43.6 Å². The molecule has 4 nitrogen and oxygen atoms in total. The third-order valence-electron chi connectivity index (χ3n) is 11.2. The van der Waals surface area contributed by atoms with Crippen LogP contribution in [0.15, 0.2) is 182 Å². The minimum Gasteiger partial charge on any atom is -0.309 e. The molecule has 0 fully saturated rings. The molecule has 0 saturated carbocycles. The maximum Gasteiger partial charge on any atom is 0.164 e. The Kier molecular flexibility index (Phi) is 6.76. The van der Waals surface area contributed by atoms with Crippen molar-refractivity contribution in [1.29, 1.82) is 0 Å². The van der Waals surface area contributed by atoms with Crippen molar-refractivity contribution in [2.24, 2.45) is 0 Å². The molecule has 0 radical (unpaired) electrons. The molecular formula is C51H30N4S. The number of thiophene rings is 1. The van der Waals surface area contributed by atoms with Crippen molar-refractivity contribution in [3.05, 3.63) is 182 Å². The van der Waals surface area contributed by atoms with Gasteiger partial charge in [-0.1, -0.05) is 140 Å². The predicted molar refractivity (Wildman–Crippen MR) is 236 cm³/mol. The van der Waals surface area contributed by atoms with Gasteiger partial charge < -0.3 is 4.57 Å². The summed E-state index contributed by atoms with van der Waals surface area (Å²) in [7, 11) is 0. The molecule has 56 heavy (non-hydrogen) atoms. The van der Waals surface area contributed by atoms with Gasteiger partial charge in [0.15, 0.2) is 17.5 Å². The van der Waals surface area contributed by atoms with Gasteiger partial charge >= 0.3 is 0 Å². The number of hydrogen-bond acceptors (Lipinski definition) is 4. The molecule has 260 valence electrons. The Balaban J connectivity index is 1.09. The van der Waals surface area contributed by atoms with Gasteiger partial charge in [-0.25, -0.2) is 15.0 Å². The molecule has 12 aromatic rings. The van der Waals surface area contributed by atoms with E-state index in [1.165, 1.54) is 58.1 Å². The maximum atomic E-state index is 5.24. The number of fused-ring (bicyclic) bond motifs is 9. The van der Waals surface area contributed by atoms with E-state index >= 15 is 0 Å². The highest BCUT2D eigenvalue weighted by molar-refractivity contribution is 7.26. The first-order valence-corrected chi connectivity index (χ1v) is 19.7. The highest BCUT2D eigenvalue weighted by Crippen LogP contribution is 2.43. The monoisotopic (exact) mass is 730 g/mol. The van der Waals surface area contributed by atoms with Crippen LogP contribution in [-0.4, -0.2) is 19.5 Å². The third-order valence-corrected chi connectivity index (χ3v) is 12.3. The molecule has 0 spiro atoms. The maximum absolute atomic E-state index is 5.24. The molecule has 0 aliphatic rings. The second kappa shape index (κ2) is 12.2. The average Bonchev–Trinajstić information content (AvgIpc) is 3.79. The van der Waals surface area contributed by atoms with Gasteiger partial charge in [0, 0.05) is 53.3 Å². The molecule has 5 heteroatoms. The van der Waals surface area contributed by atoms with Crippen LogP contribution >= 0.6 is 11.3 Å². The normalized spacial score (nSPS) is 11.9. The molecule has 0 amide bonds. The molecule has 0 aliphatic carbocycles. The van der Waals surface area contributed by atoms with E-state index in [0.717, 1.165) is 38.5 Å². The van der Waals surface area contributed by atoms with Crippen molar-refractivity contribution in [3.8, 4) is 39.9 Å². The number of nitrogens with zero attached hydrogens (tertiary/aromatic N) is 4. The quantitative estimate of drug-likeness (QED) is 0.181.